The molecule has 1 aromatic carbocycles. The van der Waals surface area contributed by atoms with Crippen molar-refractivity contribution < 1.29 is 23.8 Å². The van der Waals surface area contributed by atoms with Crippen LogP contribution in [0, 0.1) is 5.82 Å². The molecule has 0 aliphatic rings. The van der Waals surface area contributed by atoms with Crippen molar-refractivity contribution in [3.63, 3.8) is 0 Å². The molecule has 0 atom stereocenters. The molecule has 0 bridgehead atoms. The second-order valence-corrected chi connectivity index (χ2v) is 2.15. The molecule has 0 unspecified atom stereocenters. The van der Waals surface area contributed by atoms with Crippen LogP contribution >= 0.6 is 0 Å². The minimum Gasteiger partial charge on any atom is -0.473 e. The molecule has 0 spiro atoms. The maximum absolute atomic E-state index is 12.3. The van der Waals surface area contributed by atoms with Gasteiger partial charge in [-0.3, -0.25) is 0 Å². The van der Waals surface area contributed by atoms with E-state index in [-0.39, 0.29) is 5.75 Å². The molecule has 1 aromatic rings. The van der Waals surface area contributed by atoms with Crippen molar-refractivity contribution in [3.05, 3.63) is 30.1 Å². The Morgan fingerprint density at radius 2 is 1.77 bits per heavy atom. The highest BCUT2D eigenvalue weighted by atomic mass is 19.1. The van der Waals surface area contributed by atoms with E-state index in [0.29, 0.717) is 0 Å². The van der Waals surface area contributed by atoms with E-state index >= 15 is 0 Å². The van der Waals surface area contributed by atoms with Crippen molar-refractivity contribution >= 4 is 11.9 Å². The van der Waals surface area contributed by atoms with Crippen LogP contribution in [-0.2, 0) is 9.59 Å². The van der Waals surface area contributed by atoms with Gasteiger partial charge in [-0.15, -0.1) is 0 Å². The zero-order chi connectivity index (χ0) is 9.84. The summed E-state index contributed by atoms with van der Waals surface area (Å²) in [4.78, 5) is 20.5. The normalized spacial score (nSPS) is 9.31. The highest BCUT2D eigenvalue weighted by molar-refractivity contribution is 6.29. The molecular weight excluding hydrogens is 179 g/mol. The van der Waals surface area contributed by atoms with Gasteiger partial charge >= 0.3 is 11.9 Å². The number of carbonyl (C=O) groups excluding carboxylic acids is 1. The largest absolute Gasteiger partial charge is 0.473 e. The van der Waals surface area contributed by atoms with E-state index in [1.165, 1.54) is 0 Å². The standard InChI is InChI=1S/C8H5FO4/c9-5-1-3-6(4-2-5)13-8(12)7(10)11/h1-4H,(H,10,11). The second kappa shape index (κ2) is 3.66. The first-order valence-electron chi connectivity index (χ1n) is 3.30. The van der Waals surface area contributed by atoms with Crippen LogP contribution in [0.3, 0.4) is 0 Å². The number of carbonyl (C=O) groups is 2. The monoisotopic (exact) mass is 184 g/mol. The molecule has 0 aliphatic heterocycles. The smallest absolute Gasteiger partial charge is 0.422 e. The highest BCUT2D eigenvalue weighted by Crippen LogP contribution is 2.10. The van der Waals surface area contributed by atoms with E-state index in [4.69, 9.17) is 5.11 Å². The lowest BCUT2D eigenvalue weighted by molar-refractivity contribution is -0.158. The van der Waals surface area contributed by atoms with E-state index in [2.05, 4.69) is 4.74 Å². The third-order valence-corrected chi connectivity index (χ3v) is 1.20. The van der Waals surface area contributed by atoms with Crippen molar-refractivity contribution in [2.75, 3.05) is 0 Å². The number of halogens is 1. The van der Waals surface area contributed by atoms with Gasteiger partial charge in [0, 0.05) is 0 Å². The average molecular weight is 184 g/mol. The SMILES string of the molecule is O=C(O)C(=O)Oc1ccc(F)cc1. The van der Waals surface area contributed by atoms with Gasteiger partial charge in [-0.2, -0.15) is 0 Å². The third kappa shape index (κ3) is 2.55. The molecular formula is C8H5FO4. The van der Waals surface area contributed by atoms with Gasteiger partial charge in [0.15, 0.2) is 0 Å². The van der Waals surface area contributed by atoms with Gasteiger partial charge < -0.3 is 9.84 Å². The summed E-state index contributed by atoms with van der Waals surface area (Å²) in [6.45, 7) is 0. The van der Waals surface area contributed by atoms with Crippen molar-refractivity contribution in [1.82, 2.24) is 0 Å². The summed E-state index contributed by atoms with van der Waals surface area (Å²) in [6, 6.07) is 4.45. The summed E-state index contributed by atoms with van der Waals surface area (Å²) in [5.74, 6) is -3.58. The van der Waals surface area contributed by atoms with Gasteiger partial charge in [-0.05, 0) is 24.3 Å². The molecule has 1 N–H and O–H groups in total. The Kier molecular flexibility index (Phi) is 2.59. The number of esters is 1. The number of carboxylic acids is 1. The fourth-order valence-corrected chi connectivity index (χ4v) is 0.653. The van der Waals surface area contributed by atoms with Crippen LogP contribution in [0.5, 0.6) is 5.75 Å². The molecule has 5 heteroatoms. The fraction of sp³-hybridized carbons (Fsp3) is 0. The van der Waals surface area contributed by atoms with Crippen LogP contribution in [0.2, 0.25) is 0 Å². The van der Waals surface area contributed by atoms with Gasteiger partial charge in [-0.25, -0.2) is 14.0 Å². The zero-order valence-electron chi connectivity index (χ0n) is 6.36. The zero-order valence-corrected chi connectivity index (χ0v) is 6.36. The second-order valence-electron chi connectivity index (χ2n) is 2.15. The minimum atomic E-state index is -1.69. The highest BCUT2D eigenvalue weighted by Gasteiger charge is 2.13. The Hall–Kier alpha value is -1.91. The molecule has 0 heterocycles. The topological polar surface area (TPSA) is 63.6 Å². The van der Waals surface area contributed by atoms with Crippen LogP contribution in [-0.4, -0.2) is 17.0 Å². The summed E-state index contributed by atoms with van der Waals surface area (Å²) in [6.07, 6.45) is 0. The molecule has 0 aliphatic carbocycles. The summed E-state index contributed by atoms with van der Waals surface area (Å²) in [5.41, 5.74) is 0. The molecule has 0 amide bonds. The van der Waals surface area contributed by atoms with Crippen molar-refractivity contribution in [2.24, 2.45) is 0 Å². The maximum atomic E-state index is 12.3. The number of rotatable bonds is 1. The van der Waals surface area contributed by atoms with Crippen LogP contribution in [0.1, 0.15) is 0 Å². The van der Waals surface area contributed by atoms with E-state index in [9.17, 15) is 14.0 Å². The fourth-order valence-electron chi connectivity index (χ4n) is 0.653. The first-order chi connectivity index (χ1) is 6.09. The van der Waals surface area contributed by atoms with Gasteiger partial charge in [0.2, 0.25) is 0 Å². The van der Waals surface area contributed by atoms with E-state index in [0.717, 1.165) is 24.3 Å². The Labute approximate surface area is 72.6 Å². The maximum Gasteiger partial charge on any atom is 0.422 e. The first kappa shape index (κ1) is 9.18. The molecule has 0 fully saturated rings. The molecule has 0 radical (unpaired) electrons. The Bertz CT molecular complexity index is 331. The predicted molar refractivity (Wildman–Crippen MR) is 39.7 cm³/mol. The number of hydrogen-bond acceptors (Lipinski definition) is 3. The van der Waals surface area contributed by atoms with Gasteiger partial charge in [0.05, 0.1) is 0 Å². The summed E-state index contributed by atoms with van der Waals surface area (Å²) in [7, 11) is 0. The first-order valence-corrected chi connectivity index (χ1v) is 3.30. The summed E-state index contributed by atoms with van der Waals surface area (Å²) < 4.78 is 16.7. The lowest BCUT2D eigenvalue weighted by atomic mass is 10.3. The number of ether oxygens (including phenoxy) is 1. The number of benzene rings is 1. The summed E-state index contributed by atoms with van der Waals surface area (Å²) in [5, 5.41) is 8.15. The van der Waals surface area contributed by atoms with Gasteiger partial charge in [0.1, 0.15) is 11.6 Å². The van der Waals surface area contributed by atoms with Crippen LogP contribution < -0.4 is 4.74 Å². The van der Waals surface area contributed by atoms with Gasteiger partial charge in [0.25, 0.3) is 0 Å². The van der Waals surface area contributed by atoms with E-state index < -0.39 is 17.8 Å². The third-order valence-electron chi connectivity index (χ3n) is 1.20. The molecule has 13 heavy (non-hydrogen) atoms. The van der Waals surface area contributed by atoms with Gasteiger partial charge in [-0.1, -0.05) is 0 Å². The quantitative estimate of drug-likeness (QED) is 0.398. The van der Waals surface area contributed by atoms with Crippen molar-refractivity contribution in [2.45, 2.75) is 0 Å². The molecule has 1 rings (SSSR count). The van der Waals surface area contributed by atoms with E-state index in [1.54, 1.807) is 0 Å². The van der Waals surface area contributed by atoms with Crippen molar-refractivity contribution in [1.29, 1.82) is 0 Å². The minimum absolute atomic E-state index is 0.00574. The lowest BCUT2D eigenvalue weighted by Gasteiger charge is -1.99. The van der Waals surface area contributed by atoms with Crippen LogP contribution in [0.15, 0.2) is 24.3 Å². The van der Waals surface area contributed by atoms with Crippen molar-refractivity contribution in [3.8, 4) is 5.75 Å². The van der Waals surface area contributed by atoms with Crippen LogP contribution in [0.25, 0.3) is 0 Å². The van der Waals surface area contributed by atoms with Crippen LogP contribution in [0.4, 0.5) is 4.39 Å². The number of hydrogen-bond donors (Lipinski definition) is 1. The Morgan fingerprint density at radius 1 is 1.23 bits per heavy atom. The molecule has 0 aromatic heterocycles. The number of carboxylic acid groups (broad SMARTS) is 1. The molecule has 4 nitrogen and oxygen atoms in total. The average Bonchev–Trinajstić information content (AvgIpc) is 2.08. The molecule has 0 saturated heterocycles. The Balaban J connectivity index is 2.70. The van der Waals surface area contributed by atoms with E-state index in [1.807, 2.05) is 0 Å². The Morgan fingerprint density at radius 3 is 2.23 bits per heavy atom. The summed E-state index contributed by atoms with van der Waals surface area (Å²) >= 11 is 0. The number of aliphatic carboxylic acids is 1. The molecule has 68 valence electrons. The molecule has 0 saturated carbocycles. The predicted octanol–water partition coefficient (Wildman–Crippen LogP) is 0.816. The lowest BCUT2D eigenvalue weighted by Crippen LogP contribution is -2.19.